The summed E-state index contributed by atoms with van der Waals surface area (Å²) in [5, 5.41) is 12.6. The van der Waals surface area contributed by atoms with Crippen LogP contribution in [0.4, 0.5) is 10.1 Å². The fourth-order valence-electron chi connectivity index (χ4n) is 3.70. The van der Waals surface area contributed by atoms with E-state index >= 15 is 0 Å². The molecule has 170 valence electrons. The number of hydrogen-bond acceptors (Lipinski definition) is 5. The fraction of sp³-hybridized carbons (Fsp3) is 0.208. The molecule has 2 aromatic carbocycles. The Morgan fingerprint density at radius 3 is 2.58 bits per heavy atom. The van der Waals surface area contributed by atoms with Crippen molar-refractivity contribution in [3.05, 3.63) is 94.5 Å². The molecule has 1 fully saturated rings. The van der Waals surface area contributed by atoms with Crippen LogP contribution in [0.15, 0.2) is 67.0 Å². The lowest BCUT2D eigenvalue weighted by atomic mass is 9.98. The van der Waals surface area contributed by atoms with Crippen molar-refractivity contribution < 1.29 is 23.8 Å². The van der Waals surface area contributed by atoms with Crippen LogP contribution in [0.3, 0.4) is 0 Å². The highest BCUT2D eigenvalue weighted by molar-refractivity contribution is 6.31. The van der Waals surface area contributed by atoms with Crippen LogP contribution in [0.2, 0.25) is 5.02 Å². The summed E-state index contributed by atoms with van der Waals surface area (Å²) in [4.78, 5) is 30.5. The Morgan fingerprint density at radius 2 is 1.91 bits per heavy atom. The summed E-state index contributed by atoms with van der Waals surface area (Å²) < 4.78 is 19.1. The molecule has 1 saturated heterocycles. The minimum absolute atomic E-state index is 0.101. The van der Waals surface area contributed by atoms with Gasteiger partial charge in [0.05, 0.1) is 17.7 Å². The molecule has 0 aliphatic carbocycles. The smallest absolute Gasteiger partial charge is 0.255 e. The van der Waals surface area contributed by atoms with Gasteiger partial charge in [0.25, 0.3) is 5.91 Å². The van der Waals surface area contributed by atoms with Gasteiger partial charge in [-0.2, -0.15) is 0 Å². The number of carbonyl (C=O) groups is 2. The number of carbonyl (C=O) groups excluding carboxylic acids is 2. The second-order valence-corrected chi connectivity index (χ2v) is 7.97. The highest BCUT2D eigenvalue weighted by atomic mass is 35.5. The van der Waals surface area contributed by atoms with Gasteiger partial charge in [-0.15, -0.1) is 0 Å². The fourth-order valence-corrected chi connectivity index (χ4v) is 3.88. The maximum absolute atomic E-state index is 13.3. The molecule has 1 aliphatic heterocycles. The number of halogens is 2. The minimum Gasteiger partial charge on any atom is -0.394 e. The van der Waals surface area contributed by atoms with Crippen LogP contribution >= 0.6 is 11.6 Å². The van der Waals surface area contributed by atoms with E-state index in [-0.39, 0.29) is 29.7 Å². The van der Waals surface area contributed by atoms with E-state index in [1.807, 2.05) is 12.1 Å². The van der Waals surface area contributed by atoms with Crippen molar-refractivity contribution in [1.29, 1.82) is 0 Å². The summed E-state index contributed by atoms with van der Waals surface area (Å²) in [6, 6.07) is 13.7. The van der Waals surface area contributed by atoms with Crippen molar-refractivity contribution in [2.75, 3.05) is 18.5 Å². The summed E-state index contributed by atoms with van der Waals surface area (Å²) >= 11 is 5.75. The molecule has 0 unspecified atom stereocenters. The van der Waals surface area contributed by atoms with Gasteiger partial charge in [0.2, 0.25) is 5.91 Å². The van der Waals surface area contributed by atoms with Crippen molar-refractivity contribution in [1.82, 2.24) is 9.88 Å². The first-order chi connectivity index (χ1) is 16.0. The molecule has 2 N–H and O–H groups in total. The van der Waals surface area contributed by atoms with E-state index in [1.54, 1.807) is 41.6 Å². The van der Waals surface area contributed by atoms with Crippen LogP contribution in [0.5, 0.6) is 0 Å². The summed E-state index contributed by atoms with van der Waals surface area (Å²) in [5.41, 5.74) is 2.40. The van der Waals surface area contributed by atoms with E-state index in [4.69, 9.17) is 16.3 Å². The first kappa shape index (κ1) is 22.8. The number of amides is 2. The van der Waals surface area contributed by atoms with Gasteiger partial charge in [0.15, 0.2) is 0 Å². The lowest BCUT2D eigenvalue weighted by Crippen LogP contribution is -2.52. The Balaban J connectivity index is 1.48. The molecule has 1 aromatic heterocycles. The number of aromatic nitrogens is 1. The Bertz CT molecular complexity index is 1140. The number of pyridine rings is 1. The zero-order valence-corrected chi connectivity index (χ0v) is 18.2. The SMILES string of the molecule is O=C(Nc1ccc([C@H]2OCC(=O)N(Cc3ccncc3)[C@@H]2CO)cc1)c1ccc(F)c(Cl)c1. The second-order valence-electron chi connectivity index (χ2n) is 7.56. The number of rotatable bonds is 6. The first-order valence-electron chi connectivity index (χ1n) is 10.2. The lowest BCUT2D eigenvalue weighted by Gasteiger charge is -2.40. The molecule has 0 spiro atoms. The Hall–Kier alpha value is -3.33. The number of aliphatic hydroxyl groups is 1. The van der Waals surface area contributed by atoms with Gasteiger partial charge >= 0.3 is 0 Å². The first-order valence-corrected chi connectivity index (χ1v) is 10.6. The molecule has 9 heteroatoms. The maximum atomic E-state index is 13.3. The minimum atomic E-state index is -0.597. The van der Waals surface area contributed by atoms with E-state index in [9.17, 15) is 19.1 Å². The molecule has 0 radical (unpaired) electrons. The van der Waals surface area contributed by atoms with Crippen molar-refractivity contribution >= 4 is 29.1 Å². The Labute approximate surface area is 194 Å². The Kier molecular flexibility index (Phi) is 6.98. The number of aliphatic hydroxyl groups excluding tert-OH is 1. The van der Waals surface area contributed by atoms with Gasteiger partial charge in [0.1, 0.15) is 18.5 Å². The molecular weight excluding hydrogens is 449 g/mol. The second kappa shape index (κ2) is 10.1. The quantitative estimate of drug-likeness (QED) is 0.575. The molecule has 3 aromatic rings. The monoisotopic (exact) mass is 469 g/mol. The molecule has 2 amide bonds. The van der Waals surface area contributed by atoms with Gasteiger partial charge in [-0.05, 0) is 53.6 Å². The summed E-state index contributed by atoms with van der Waals surface area (Å²) in [6.07, 6.45) is 2.77. The van der Waals surface area contributed by atoms with Crippen LogP contribution in [0.1, 0.15) is 27.6 Å². The average Bonchev–Trinajstić information content (AvgIpc) is 2.83. The van der Waals surface area contributed by atoms with Crippen molar-refractivity contribution in [2.45, 2.75) is 18.7 Å². The van der Waals surface area contributed by atoms with E-state index in [0.29, 0.717) is 12.2 Å². The van der Waals surface area contributed by atoms with Crippen LogP contribution in [-0.2, 0) is 16.1 Å². The molecule has 1 aliphatic rings. The van der Waals surface area contributed by atoms with Crippen LogP contribution in [0.25, 0.3) is 0 Å². The van der Waals surface area contributed by atoms with E-state index in [1.165, 1.54) is 12.1 Å². The number of hydrogen-bond donors (Lipinski definition) is 2. The molecule has 7 nitrogen and oxygen atoms in total. The predicted molar refractivity (Wildman–Crippen MR) is 120 cm³/mol. The third kappa shape index (κ3) is 5.19. The van der Waals surface area contributed by atoms with Crippen molar-refractivity contribution in [3.63, 3.8) is 0 Å². The Morgan fingerprint density at radius 1 is 1.18 bits per heavy atom. The number of morpholine rings is 1. The highest BCUT2D eigenvalue weighted by Crippen LogP contribution is 2.31. The van der Waals surface area contributed by atoms with E-state index < -0.39 is 23.9 Å². The van der Waals surface area contributed by atoms with Crippen LogP contribution in [0, 0.1) is 5.82 Å². The van der Waals surface area contributed by atoms with E-state index in [0.717, 1.165) is 17.2 Å². The largest absolute Gasteiger partial charge is 0.394 e. The number of nitrogens with zero attached hydrogens (tertiary/aromatic N) is 2. The van der Waals surface area contributed by atoms with Crippen molar-refractivity contribution in [2.24, 2.45) is 0 Å². The summed E-state index contributed by atoms with van der Waals surface area (Å²) in [6.45, 7) is -0.0395. The number of anilines is 1. The van der Waals surface area contributed by atoms with Gasteiger partial charge in [-0.3, -0.25) is 14.6 Å². The van der Waals surface area contributed by atoms with Crippen LogP contribution < -0.4 is 5.32 Å². The zero-order chi connectivity index (χ0) is 23.4. The average molecular weight is 470 g/mol. The topological polar surface area (TPSA) is 91.8 Å². The molecule has 2 atom stereocenters. The van der Waals surface area contributed by atoms with E-state index in [2.05, 4.69) is 10.3 Å². The van der Waals surface area contributed by atoms with Crippen LogP contribution in [-0.4, -0.2) is 46.1 Å². The third-order valence-electron chi connectivity index (χ3n) is 5.42. The predicted octanol–water partition coefficient (Wildman–Crippen LogP) is 3.59. The summed E-state index contributed by atoms with van der Waals surface area (Å²) in [7, 11) is 0. The lowest BCUT2D eigenvalue weighted by molar-refractivity contribution is -0.162. The standard InChI is InChI=1S/C24H21ClFN3O4/c25-19-11-17(3-6-20(19)26)24(32)28-18-4-1-16(2-5-18)23-21(13-30)29(22(31)14-33-23)12-15-7-9-27-10-8-15/h1-11,21,23,30H,12-14H2,(H,28,32)/t21-,23-/m1/s1. The van der Waals surface area contributed by atoms with Gasteiger partial charge in [0, 0.05) is 30.2 Å². The van der Waals surface area contributed by atoms with Gasteiger partial charge in [-0.1, -0.05) is 23.7 Å². The molecular formula is C24H21ClFN3O4. The molecule has 0 saturated carbocycles. The molecule has 33 heavy (non-hydrogen) atoms. The molecule has 2 heterocycles. The third-order valence-corrected chi connectivity index (χ3v) is 5.71. The molecule has 0 bridgehead atoms. The maximum Gasteiger partial charge on any atom is 0.255 e. The number of benzene rings is 2. The number of nitrogens with one attached hydrogen (secondary N) is 1. The van der Waals surface area contributed by atoms with Gasteiger partial charge < -0.3 is 20.1 Å². The summed E-state index contributed by atoms with van der Waals surface area (Å²) in [5.74, 6) is -1.23. The van der Waals surface area contributed by atoms with Crippen molar-refractivity contribution in [3.8, 4) is 0 Å². The normalized spacial score (nSPS) is 18.3. The number of ether oxygens (including phenoxy) is 1. The van der Waals surface area contributed by atoms with Gasteiger partial charge in [-0.25, -0.2) is 4.39 Å². The zero-order valence-electron chi connectivity index (χ0n) is 17.4. The highest BCUT2D eigenvalue weighted by Gasteiger charge is 2.37. The molecule has 4 rings (SSSR count).